The van der Waals surface area contributed by atoms with Crippen LogP contribution in [0.25, 0.3) is 0 Å². The second-order valence-corrected chi connectivity index (χ2v) is 7.32. The maximum absolute atomic E-state index is 11.9. The molecule has 1 unspecified atom stereocenters. The molecule has 1 fully saturated rings. The molecule has 1 aliphatic rings. The molecule has 0 saturated heterocycles. The summed E-state index contributed by atoms with van der Waals surface area (Å²) in [5.74, 6) is -3.14. The van der Waals surface area contributed by atoms with Gasteiger partial charge in [-0.25, -0.2) is 9.59 Å². The molecule has 1 aromatic rings. The van der Waals surface area contributed by atoms with Gasteiger partial charge in [0.1, 0.15) is 0 Å². The van der Waals surface area contributed by atoms with Crippen molar-refractivity contribution in [2.75, 3.05) is 7.11 Å². The van der Waals surface area contributed by atoms with Crippen molar-refractivity contribution in [2.24, 2.45) is 0 Å². The van der Waals surface area contributed by atoms with Crippen molar-refractivity contribution in [3.05, 3.63) is 32.6 Å². The highest BCUT2D eigenvalue weighted by atomic mass is 31.2. The van der Waals surface area contributed by atoms with E-state index in [0.29, 0.717) is 18.4 Å². The molecule has 3 N–H and O–H groups in total. The first kappa shape index (κ1) is 18.6. The lowest BCUT2D eigenvalue weighted by Gasteiger charge is -2.21. The molecule has 1 aliphatic carbocycles. The van der Waals surface area contributed by atoms with Gasteiger partial charge in [-0.3, -0.25) is 18.9 Å². The van der Waals surface area contributed by atoms with Crippen LogP contribution in [-0.2, 0) is 18.8 Å². The number of methoxy groups -OCH3 is 1. The molecule has 0 radical (unpaired) electrons. The van der Waals surface area contributed by atoms with Crippen LogP contribution in [0.5, 0.6) is 0 Å². The first-order valence-electron chi connectivity index (χ1n) is 7.24. The summed E-state index contributed by atoms with van der Waals surface area (Å²) in [5, 5.41) is 0. The normalized spacial score (nSPS) is 22.3. The first-order valence-corrected chi connectivity index (χ1v) is 8.92. The molecule has 11 heteroatoms. The second kappa shape index (κ2) is 7.02. The molecule has 1 saturated carbocycles. The summed E-state index contributed by atoms with van der Waals surface area (Å²) in [7, 11) is -3.82. The van der Waals surface area contributed by atoms with Gasteiger partial charge >= 0.3 is 19.3 Å². The number of esters is 1. The zero-order chi connectivity index (χ0) is 18.1. The fourth-order valence-electron chi connectivity index (χ4n) is 2.71. The minimum Gasteiger partial charge on any atom is -0.467 e. The first-order chi connectivity index (χ1) is 11.1. The number of carbonyl (C=O) groups excluding carboxylic acids is 1. The van der Waals surface area contributed by atoms with Crippen LogP contribution in [0, 0.1) is 6.92 Å². The quantitative estimate of drug-likeness (QED) is 0.475. The van der Waals surface area contributed by atoms with Crippen LogP contribution in [-0.4, -0.2) is 44.4 Å². The van der Waals surface area contributed by atoms with E-state index in [-0.39, 0.29) is 12.5 Å². The van der Waals surface area contributed by atoms with Crippen molar-refractivity contribution >= 4 is 13.6 Å². The van der Waals surface area contributed by atoms with E-state index >= 15 is 0 Å². The maximum Gasteiger partial charge on any atom is 0.365 e. The predicted molar refractivity (Wildman–Crippen MR) is 81.7 cm³/mol. The molecule has 1 heterocycles. The Balaban J connectivity index is 2.14. The SMILES string of the molecule is COC(=O)C(O[C@@H]1CC[C@H](n2cc(C)c(=O)[nH]c2=O)C1)P(=O)(O)O. The van der Waals surface area contributed by atoms with Gasteiger partial charge in [0, 0.05) is 17.8 Å². The summed E-state index contributed by atoms with van der Waals surface area (Å²) in [6.45, 7) is 1.57. The Bertz CT molecular complexity index is 779. The largest absolute Gasteiger partial charge is 0.467 e. The number of carbonyl (C=O) groups is 1. The van der Waals surface area contributed by atoms with E-state index in [4.69, 9.17) is 4.74 Å². The number of nitrogens with one attached hydrogen (secondary N) is 1. The lowest BCUT2D eigenvalue weighted by molar-refractivity contribution is -0.152. The van der Waals surface area contributed by atoms with Crippen LogP contribution < -0.4 is 11.2 Å². The van der Waals surface area contributed by atoms with E-state index in [2.05, 4.69) is 9.72 Å². The summed E-state index contributed by atoms with van der Waals surface area (Å²) < 4.78 is 22.4. The third-order valence-corrected chi connectivity index (χ3v) is 4.87. The molecule has 3 atom stereocenters. The Morgan fingerprint density at radius 3 is 2.67 bits per heavy atom. The number of rotatable bonds is 5. The minimum atomic E-state index is -4.83. The summed E-state index contributed by atoms with van der Waals surface area (Å²) in [6.07, 6.45) is 2.01. The smallest absolute Gasteiger partial charge is 0.365 e. The van der Waals surface area contributed by atoms with Crippen molar-refractivity contribution in [1.29, 1.82) is 0 Å². The van der Waals surface area contributed by atoms with Gasteiger partial charge in [0.25, 0.3) is 11.4 Å². The molecule has 134 valence electrons. The van der Waals surface area contributed by atoms with E-state index in [1.165, 1.54) is 10.8 Å². The number of H-pyrrole nitrogens is 1. The van der Waals surface area contributed by atoms with Crippen molar-refractivity contribution in [3.8, 4) is 0 Å². The molecule has 0 aromatic carbocycles. The van der Waals surface area contributed by atoms with Gasteiger partial charge < -0.3 is 19.3 Å². The fourth-order valence-corrected chi connectivity index (χ4v) is 3.42. The van der Waals surface area contributed by atoms with Crippen LogP contribution in [0.3, 0.4) is 0 Å². The van der Waals surface area contributed by atoms with Gasteiger partial charge in [0.05, 0.1) is 13.2 Å². The molecule has 1 aromatic heterocycles. The minimum absolute atomic E-state index is 0.277. The molecule has 0 bridgehead atoms. The van der Waals surface area contributed by atoms with Gasteiger partial charge in [0.15, 0.2) is 0 Å². The molecule has 10 nitrogen and oxygen atoms in total. The summed E-state index contributed by atoms with van der Waals surface area (Å²) >= 11 is 0. The van der Waals surface area contributed by atoms with Gasteiger partial charge in [-0.2, -0.15) is 0 Å². The number of aromatic nitrogens is 2. The van der Waals surface area contributed by atoms with Crippen LogP contribution in [0.15, 0.2) is 15.8 Å². The van der Waals surface area contributed by atoms with E-state index < -0.39 is 36.8 Å². The summed E-state index contributed by atoms with van der Waals surface area (Å²) in [5.41, 5.74) is -0.647. The highest BCUT2D eigenvalue weighted by molar-refractivity contribution is 7.53. The van der Waals surface area contributed by atoms with Gasteiger partial charge in [-0.15, -0.1) is 0 Å². The number of hydrogen-bond donors (Lipinski definition) is 3. The number of hydrogen-bond acceptors (Lipinski definition) is 6. The van der Waals surface area contributed by atoms with E-state index in [0.717, 1.165) is 7.11 Å². The van der Waals surface area contributed by atoms with Crippen molar-refractivity contribution in [1.82, 2.24) is 9.55 Å². The Hall–Kier alpha value is -1.74. The number of nitrogens with zero attached hydrogens (tertiary/aromatic N) is 1. The Morgan fingerprint density at radius 2 is 2.08 bits per heavy atom. The molecular formula is C13H19N2O8P. The molecular weight excluding hydrogens is 343 g/mol. The molecule has 24 heavy (non-hydrogen) atoms. The number of aromatic amines is 1. The zero-order valence-electron chi connectivity index (χ0n) is 13.2. The Kier molecular flexibility index (Phi) is 5.44. The van der Waals surface area contributed by atoms with E-state index in [9.17, 15) is 28.7 Å². The van der Waals surface area contributed by atoms with Crippen molar-refractivity contribution in [3.63, 3.8) is 0 Å². The number of ether oxygens (including phenoxy) is 2. The topological polar surface area (TPSA) is 148 Å². The van der Waals surface area contributed by atoms with Crippen LogP contribution >= 0.6 is 7.60 Å². The Morgan fingerprint density at radius 1 is 1.42 bits per heavy atom. The zero-order valence-corrected chi connectivity index (χ0v) is 14.1. The summed E-state index contributed by atoms with van der Waals surface area (Å²) in [4.78, 5) is 55.4. The summed E-state index contributed by atoms with van der Waals surface area (Å²) in [6, 6.07) is -0.298. The standard InChI is InChI=1S/C13H19N2O8P/c1-7-6-15(13(18)14-10(7)16)8-3-4-9(5-8)23-12(11(17)22-2)24(19,20)21/h6,8-9,12H,3-5H2,1-2H3,(H,14,16,18)(H2,19,20,21)/t8-,9+,12?/m0/s1. The Labute approximate surface area is 136 Å². The van der Waals surface area contributed by atoms with Crippen molar-refractivity contribution in [2.45, 2.75) is 44.2 Å². The lowest BCUT2D eigenvalue weighted by atomic mass is 10.2. The molecule has 0 amide bonds. The third-order valence-electron chi connectivity index (χ3n) is 3.93. The van der Waals surface area contributed by atoms with Crippen molar-refractivity contribution < 1.29 is 28.6 Å². The predicted octanol–water partition coefficient (Wildman–Crippen LogP) is -0.368. The average Bonchev–Trinajstić information content (AvgIpc) is 2.95. The van der Waals surface area contributed by atoms with E-state index in [1.807, 2.05) is 0 Å². The maximum atomic E-state index is 11.9. The molecule has 0 aliphatic heterocycles. The van der Waals surface area contributed by atoms with Gasteiger partial charge in [-0.05, 0) is 26.2 Å². The number of aryl methyl sites for hydroxylation is 1. The van der Waals surface area contributed by atoms with Crippen LogP contribution in [0.2, 0.25) is 0 Å². The van der Waals surface area contributed by atoms with Crippen LogP contribution in [0.4, 0.5) is 0 Å². The molecule has 2 rings (SSSR count). The lowest BCUT2D eigenvalue weighted by Crippen LogP contribution is -2.33. The average molecular weight is 362 g/mol. The van der Waals surface area contributed by atoms with E-state index in [1.54, 1.807) is 6.92 Å². The monoisotopic (exact) mass is 362 g/mol. The van der Waals surface area contributed by atoms with Gasteiger partial charge in [0.2, 0.25) is 0 Å². The highest BCUT2D eigenvalue weighted by Gasteiger charge is 2.41. The second-order valence-electron chi connectivity index (χ2n) is 5.67. The third kappa shape index (κ3) is 4.02. The fraction of sp³-hybridized carbons (Fsp3) is 0.615. The van der Waals surface area contributed by atoms with Gasteiger partial charge in [-0.1, -0.05) is 0 Å². The molecule has 0 spiro atoms. The van der Waals surface area contributed by atoms with Crippen LogP contribution in [0.1, 0.15) is 30.9 Å². The highest BCUT2D eigenvalue weighted by Crippen LogP contribution is 2.45.